The van der Waals surface area contributed by atoms with Gasteiger partial charge in [-0.15, -0.1) is 0 Å². The van der Waals surface area contributed by atoms with Crippen molar-refractivity contribution in [1.29, 1.82) is 0 Å². The molecule has 0 unspecified atom stereocenters. The van der Waals surface area contributed by atoms with E-state index in [-0.39, 0.29) is 160 Å². The van der Waals surface area contributed by atoms with Gasteiger partial charge < -0.3 is 90.7 Å². The molecule has 12 rings (SSSR count). The Labute approximate surface area is 676 Å². The van der Waals surface area contributed by atoms with Crippen LogP contribution in [0.1, 0.15) is 223 Å². The number of carbonyl (C=O) groups is 6. The first-order valence-corrected chi connectivity index (χ1v) is 41.1. The van der Waals surface area contributed by atoms with E-state index in [0.29, 0.717) is 78.5 Å². The number of benzene rings is 6. The number of piperidine rings is 6. The van der Waals surface area contributed by atoms with Crippen LogP contribution in [0.3, 0.4) is 0 Å². The quantitative estimate of drug-likeness (QED) is 0.0209. The van der Waals surface area contributed by atoms with Gasteiger partial charge in [-0.25, -0.2) is 0 Å². The van der Waals surface area contributed by atoms with E-state index in [9.17, 15) is 90.0 Å². The second-order valence-electron chi connectivity index (χ2n) is 31.5. The molecule has 24 heteroatoms. The highest BCUT2D eigenvalue weighted by Crippen LogP contribution is 2.48. The van der Waals surface area contributed by atoms with Crippen LogP contribution < -0.4 is 0 Å². The lowest BCUT2D eigenvalue weighted by molar-refractivity contribution is -0.127. The Morgan fingerprint density at radius 2 is 0.414 bits per heavy atom. The van der Waals surface area contributed by atoms with Gasteiger partial charge in [0.25, 0.3) is 0 Å². The van der Waals surface area contributed by atoms with Gasteiger partial charge in [-0.2, -0.15) is 0 Å². The zero-order chi connectivity index (χ0) is 82.4. The zero-order valence-corrected chi connectivity index (χ0v) is 66.3. The van der Waals surface area contributed by atoms with Gasteiger partial charge in [0, 0.05) is 242 Å². The Morgan fingerprint density at radius 3 is 0.603 bits per heavy atom. The molecule has 6 aromatic rings. The SMILES string of the molecule is CCc1c(O)c(Cc2c(O)c(Cc3c(O)c(Cc4c(O)c(Cc5c(O)c(Cc6c(O)c(C)cc(O)c6C=CC(=O)N6CCCCC6)cc(O)c5C=CC(=O)N5CCCCC5)cc(O)c4C=CC(=O)N4CCCCC4)cc(O)c3C=CC(=O)N3CCCCC3)cc(O)c2C=CC(=O)N2CCCCC2)cc(O)c1C=CC(=O)N1CCCCC1. The topological polar surface area (TPSA) is 365 Å². The van der Waals surface area contributed by atoms with Crippen molar-refractivity contribution in [1.82, 2.24) is 29.4 Å². The van der Waals surface area contributed by atoms with Crippen LogP contribution in [0.25, 0.3) is 36.5 Å². The summed E-state index contributed by atoms with van der Waals surface area (Å²) in [7, 11) is 0. The molecule has 6 aliphatic heterocycles. The summed E-state index contributed by atoms with van der Waals surface area (Å²) >= 11 is 0. The molecule has 0 atom stereocenters. The minimum Gasteiger partial charge on any atom is -0.507 e. The van der Waals surface area contributed by atoms with Crippen LogP contribution in [-0.2, 0) is 67.3 Å². The van der Waals surface area contributed by atoms with Crippen molar-refractivity contribution in [2.24, 2.45) is 0 Å². The van der Waals surface area contributed by atoms with E-state index in [1.807, 2.05) is 0 Å². The molecule has 614 valence electrons. The monoisotopic (exact) mass is 1580 g/mol. The minimum atomic E-state index is -0.581. The number of hydrogen-bond acceptors (Lipinski definition) is 18. The molecule has 24 nitrogen and oxygen atoms in total. The van der Waals surface area contributed by atoms with Crippen molar-refractivity contribution in [3.05, 3.63) is 173 Å². The van der Waals surface area contributed by atoms with E-state index in [2.05, 4.69) is 0 Å². The normalized spacial score (nSPS) is 16.7. The number of aromatic hydroxyl groups is 12. The molecule has 6 aromatic carbocycles. The van der Waals surface area contributed by atoms with Crippen molar-refractivity contribution in [2.45, 2.75) is 168 Å². The first-order valence-electron chi connectivity index (χ1n) is 41.1. The van der Waals surface area contributed by atoms with Crippen molar-refractivity contribution in [3.8, 4) is 69.0 Å². The molecule has 0 aromatic heterocycles. The number of carbonyl (C=O) groups excluding carboxylic acids is 6. The van der Waals surface area contributed by atoms with Crippen LogP contribution in [0.5, 0.6) is 69.0 Å². The van der Waals surface area contributed by atoms with Gasteiger partial charge in [-0.3, -0.25) is 28.8 Å². The Morgan fingerprint density at radius 1 is 0.250 bits per heavy atom. The van der Waals surface area contributed by atoms with Gasteiger partial charge in [-0.05, 0) is 207 Å². The zero-order valence-electron chi connectivity index (χ0n) is 66.3. The third-order valence-corrected chi connectivity index (χ3v) is 23.7. The number of rotatable bonds is 23. The molecule has 0 saturated carbocycles. The van der Waals surface area contributed by atoms with Gasteiger partial charge in [0.1, 0.15) is 69.0 Å². The van der Waals surface area contributed by atoms with Gasteiger partial charge in [0.05, 0.1) is 0 Å². The van der Waals surface area contributed by atoms with Crippen LogP contribution in [0, 0.1) is 6.92 Å². The summed E-state index contributed by atoms with van der Waals surface area (Å²) in [6, 6.07) is 7.48. The second kappa shape index (κ2) is 38.1. The number of amides is 6. The highest BCUT2D eigenvalue weighted by atomic mass is 16.3. The molecule has 6 heterocycles. The predicted molar refractivity (Wildman–Crippen MR) is 444 cm³/mol. The molecule has 6 saturated heterocycles. The number of nitrogens with zero attached hydrogens (tertiary/aromatic N) is 6. The summed E-state index contributed by atoms with van der Waals surface area (Å²) in [5.74, 6) is -7.47. The third kappa shape index (κ3) is 19.4. The largest absolute Gasteiger partial charge is 0.507 e. The van der Waals surface area contributed by atoms with Crippen molar-refractivity contribution in [3.63, 3.8) is 0 Å². The average molecular weight is 1590 g/mol. The molecular formula is C92H108N6O18. The fourth-order valence-electron chi connectivity index (χ4n) is 17.0. The molecule has 0 spiro atoms. The van der Waals surface area contributed by atoms with Crippen LogP contribution in [0.4, 0.5) is 0 Å². The van der Waals surface area contributed by atoms with E-state index in [1.165, 1.54) is 109 Å². The summed E-state index contributed by atoms with van der Waals surface area (Å²) in [6.07, 6.45) is 28.7. The van der Waals surface area contributed by atoms with E-state index in [0.717, 1.165) is 116 Å². The fraction of sp³-hybridized carbons (Fsp3) is 0.413. The van der Waals surface area contributed by atoms with Gasteiger partial charge >= 0.3 is 0 Å². The van der Waals surface area contributed by atoms with Crippen LogP contribution in [0.15, 0.2) is 72.9 Å². The van der Waals surface area contributed by atoms with Crippen LogP contribution in [-0.4, -0.2) is 205 Å². The summed E-state index contributed by atoms with van der Waals surface area (Å²) in [4.78, 5) is 92.7. The lowest BCUT2D eigenvalue weighted by Crippen LogP contribution is -2.34. The Balaban J connectivity index is 0.995. The molecule has 6 fully saturated rings. The molecule has 116 heavy (non-hydrogen) atoms. The lowest BCUT2D eigenvalue weighted by Gasteiger charge is -2.25. The Bertz CT molecular complexity index is 4920. The van der Waals surface area contributed by atoms with Crippen molar-refractivity contribution in [2.75, 3.05) is 78.5 Å². The maximum absolute atomic E-state index is 14.1. The van der Waals surface area contributed by atoms with E-state index in [4.69, 9.17) is 0 Å². The molecule has 12 N–H and O–H groups in total. The number of likely N-dealkylation sites (tertiary alicyclic amines) is 6. The lowest BCUT2D eigenvalue weighted by atomic mass is 9.86. The second-order valence-corrected chi connectivity index (χ2v) is 31.5. The molecule has 6 aliphatic rings. The summed E-state index contributed by atoms with van der Waals surface area (Å²) < 4.78 is 0. The highest BCUT2D eigenvalue weighted by Gasteiger charge is 2.31. The minimum absolute atomic E-state index is 0.0162. The Hall–Kier alpha value is -11.8. The number of phenolic OH excluding ortho intramolecular Hbond substituents is 12. The van der Waals surface area contributed by atoms with Crippen LogP contribution in [0.2, 0.25) is 0 Å². The maximum Gasteiger partial charge on any atom is 0.246 e. The van der Waals surface area contributed by atoms with Gasteiger partial charge in [0.2, 0.25) is 35.4 Å². The fourth-order valence-corrected chi connectivity index (χ4v) is 17.0. The van der Waals surface area contributed by atoms with E-state index in [1.54, 1.807) is 43.2 Å². The first-order chi connectivity index (χ1) is 55.9. The summed E-state index contributed by atoms with van der Waals surface area (Å²) in [5.41, 5.74) is -0.222. The number of phenols is 12. The van der Waals surface area contributed by atoms with E-state index < -0.39 is 83.5 Å². The van der Waals surface area contributed by atoms with Gasteiger partial charge in [0.15, 0.2) is 0 Å². The summed E-state index contributed by atoms with van der Waals surface area (Å²) in [5, 5.41) is 149. The molecule has 0 radical (unpaired) electrons. The van der Waals surface area contributed by atoms with Crippen LogP contribution >= 0.6 is 0 Å². The number of aryl methyl sites for hydroxylation is 1. The van der Waals surface area contributed by atoms with Gasteiger partial charge in [-0.1, -0.05) is 6.92 Å². The third-order valence-electron chi connectivity index (χ3n) is 23.7. The predicted octanol–water partition coefficient (Wildman–Crippen LogP) is 13.1. The molecule has 0 aliphatic carbocycles. The average Bonchev–Trinajstić information content (AvgIpc) is 0.768. The highest BCUT2D eigenvalue weighted by molar-refractivity contribution is 5.97. The molecule has 0 bridgehead atoms. The summed E-state index contributed by atoms with van der Waals surface area (Å²) in [6.45, 7) is 9.35. The van der Waals surface area contributed by atoms with Crippen molar-refractivity contribution >= 4 is 71.9 Å². The smallest absolute Gasteiger partial charge is 0.246 e. The van der Waals surface area contributed by atoms with Crippen molar-refractivity contribution < 1.29 is 90.0 Å². The molecule has 6 amide bonds. The Kier molecular flexibility index (Phi) is 27.4. The standard InChI is InChI=1S/C92H108N6O18/c1-3-63-64(22-28-81(105)93-34-10-4-11-35-93)76(100)52-58(88(63)112)48-71-66(24-30-83(107)95-38-14-6-15-39-95)78(102)54-60(90(71)114)50-73-68(26-32-85(109)97-42-18-8-19-43-97)80(104)56-62(92(73)116)51-74-69(27-33-86(110)98-44-20-9-21-45-98)79(103)55-61(91(74)115)49-72-67(25-31-84(108)96-40-16-7-17-41-96)77(101)53-59(89(72)113)47-70-65(75(99)46-57(2)87(70)111)23-29-82(106)94-36-12-5-13-37-94/h22-33,46,52-56,99-104,111-116H,3-21,34-45,47-51H2,1-2H3. The first kappa shape index (κ1) is 83.6. The van der Waals surface area contributed by atoms with E-state index >= 15 is 0 Å². The maximum atomic E-state index is 14.1. The molecular weight excluding hydrogens is 1480 g/mol. The number of hydrogen-bond donors (Lipinski definition) is 12.